The zero-order chi connectivity index (χ0) is 12.3. The highest BCUT2D eigenvalue weighted by Gasteiger charge is 2.21. The van der Waals surface area contributed by atoms with E-state index in [1.807, 2.05) is 36.4 Å². The molecule has 0 bridgehead atoms. The van der Waals surface area contributed by atoms with Crippen LogP contribution in [-0.2, 0) is 0 Å². The molecule has 17 heavy (non-hydrogen) atoms. The Morgan fingerprint density at radius 2 is 1.88 bits per heavy atom. The summed E-state index contributed by atoms with van der Waals surface area (Å²) in [5.41, 5.74) is 1.38. The summed E-state index contributed by atoms with van der Waals surface area (Å²) in [4.78, 5) is 0. The first-order chi connectivity index (χ1) is 8.21. The number of hydrogen-bond acceptors (Lipinski definition) is 0. The van der Waals surface area contributed by atoms with Crippen molar-refractivity contribution in [2.24, 2.45) is 5.41 Å². The van der Waals surface area contributed by atoms with E-state index in [-0.39, 0.29) is 11.2 Å². The van der Waals surface area contributed by atoms with Crippen LogP contribution in [0.2, 0.25) is 0 Å². The third-order valence-electron chi connectivity index (χ3n) is 3.19. The molecule has 1 aromatic carbocycles. The van der Waals surface area contributed by atoms with Crippen LogP contribution < -0.4 is 0 Å². The van der Waals surface area contributed by atoms with Gasteiger partial charge in [0.2, 0.25) is 0 Å². The molecule has 0 unspecified atom stereocenters. The molecule has 0 N–H and O–H groups in total. The molecule has 0 radical (unpaired) electrons. The molecule has 0 fully saturated rings. The van der Waals surface area contributed by atoms with Gasteiger partial charge in [-0.1, -0.05) is 48.6 Å². The summed E-state index contributed by atoms with van der Waals surface area (Å²) in [6, 6.07) is 6.81. The zero-order valence-corrected chi connectivity index (χ0v) is 9.70. The van der Waals surface area contributed by atoms with Gasteiger partial charge in [0.05, 0.1) is 0 Å². The first-order valence-corrected chi connectivity index (χ1v) is 5.62. The van der Waals surface area contributed by atoms with E-state index in [2.05, 4.69) is 13.2 Å². The first kappa shape index (κ1) is 11.6. The van der Waals surface area contributed by atoms with Gasteiger partial charge in [0.25, 0.3) is 0 Å². The SMILES string of the molecule is C=CC1(C=C)C=CC(c2ccccc2F)=CC1. The van der Waals surface area contributed by atoms with Crippen LogP contribution in [0, 0.1) is 11.2 Å². The number of rotatable bonds is 3. The fourth-order valence-electron chi connectivity index (χ4n) is 1.95. The van der Waals surface area contributed by atoms with Crippen molar-refractivity contribution in [1.82, 2.24) is 0 Å². The van der Waals surface area contributed by atoms with Gasteiger partial charge < -0.3 is 0 Å². The molecule has 0 amide bonds. The molecular formula is C16H15F. The Hall–Kier alpha value is -1.89. The van der Waals surface area contributed by atoms with Gasteiger partial charge in [0, 0.05) is 11.0 Å². The minimum Gasteiger partial charge on any atom is -0.206 e. The van der Waals surface area contributed by atoms with E-state index in [9.17, 15) is 4.39 Å². The fourth-order valence-corrected chi connectivity index (χ4v) is 1.95. The highest BCUT2D eigenvalue weighted by Crippen LogP contribution is 2.35. The van der Waals surface area contributed by atoms with Crippen LogP contribution in [0.25, 0.3) is 5.57 Å². The Balaban J connectivity index is 2.32. The van der Waals surface area contributed by atoms with Crippen molar-refractivity contribution in [3.63, 3.8) is 0 Å². The highest BCUT2D eigenvalue weighted by atomic mass is 19.1. The number of hydrogen-bond donors (Lipinski definition) is 0. The third kappa shape index (κ3) is 2.14. The smallest absolute Gasteiger partial charge is 0.131 e. The first-order valence-electron chi connectivity index (χ1n) is 5.62. The van der Waals surface area contributed by atoms with Crippen molar-refractivity contribution in [2.45, 2.75) is 6.42 Å². The minimum absolute atomic E-state index is 0.186. The molecule has 2 rings (SSSR count). The van der Waals surface area contributed by atoms with E-state index in [0.717, 1.165) is 12.0 Å². The van der Waals surface area contributed by atoms with Gasteiger partial charge in [-0.2, -0.15) is 0 Å². The Labute approximate surface area is 101 Å². The van der Waals surface area contributed by atoms with Gasteiger partial charge in [-0.15, -0.1) is 13.2 Å². The standard InChI is InChI=1S/C16H15F/c1-3-16(4-2)11-9-13(10-12-16)14-7-5-6-8-15(14)17/h3-11H,1-2,12H2. The Morgan fingerprint density at radius 3 is 2.41 bits per heavy atom. The molecule has 0 saturated heterocycles. The normalized spacial score (nSPS) is 17.4. The fraction of sp³-hybridized carbons (Fsp3) is 0.125. The summed E-state index contributed by atoms with van der Waals surface area (Å²) in [7, 11) is 0. The summed E-state index contributed by atoms with van der Waals surface area (Å²) in [5.74, 6) is -0.187. The molecule has 0 nitrogen and oxygen atoms in total. The number of benzene rings is 1. The molecule has 0 atom stereocenters. The van der Waals surface area contributed by atoms with E-state index >= 15 is 0 Å². The lowest BCUT2D eigenvalue weighted by Crippen LogP contribution is -2.12. The van der Waals surface area contributed by atoms with Crippen molar-refractivity contribution < 1.29 is 4.39 Å². The summed E-state index contributed by atoms with van der Waals surface area (Å²) >= 11 is 0. The van der Waals surface area contributed by atoms with Gasteiger partial charge in [-0.05, 0) is 18.1 Å². The minimum atomic E-state index is -0.187. The molecular weight excluding hydrogens is 211 g/mol. The predicted octanol–water partition coefficient (Wildman–Crippen LogP) is 4.53. The lowest BCUT2D eigenvalue weighted by molar-refractivity contribution is 0.620. The van der Waals surface area contributed by atoms with Crippen molar-refractivity contribution in [1.29, 1.82) is 0 Å². The van der Waals surface area contributed by atoms with Gasteiger partial charge >= 0.3 is 0 Å². The van der Waals surface area contributed by atoms with Crippen LogP contribution >= 0.6 is 0 Å². The lowest BCUT2D eigenvalue weighted by atomic mass is 9.79. The molecule has 0 saturated carbocycles. The van der Waals surface area contributed by atoms with E-state index in [1.165, 1.54) is 6.07 Å². The summed E-state index contributed by atoms with van der Waals surface area (Å²) in [6.07, 6.45) is 10.5. The second kappa shape index (κ2) is 4.54. The predicted molar refractivity (Wildman–Crippen MR) is 71.0 cm³/mol. The van der Waals surface area contributed by atoms with Gasteiger partial charge in [0.1, 0.15) is 5.82 Å². The second-order valence-electron chi connectivity index (χ2n) is 4.20. The summed E-state index contributed by atoms with van der Waals surface area (Å²) in [6.45, 7) is 7.63. The summed E-state index contributed by atoms with van der Waals surface area (Å²) < 4.78 is 13.6. The van der Waals surface area contributed by atoms with Crippen LogP contribution in [0.3, 0.4) is 0 Å². The second-order valence-corrected chi connectivity index (χ2v) is 4.20. The molecule has 1 heteroatoms. The van der Waals surface area contributed by atoms with Crippen LogP contribution in [0.5, 0.6) is 0 Å². The molecule has 1 aliphatic carbocycles. The van der Waals surface area contributed by atoms with Crippen molar-refractivity contribution in [3.8, 4) is 0 Å². The zero-order valence-electron chi connectivity index (χ0n) is 9.70. The van der Waals surface area contributed by atoms with Crippen LogP contribution in [-0.4, -0.2) is 0 Å². The summed E-state index contributed by atoms with van der Waals surface area (Å²) in [5, 5.41) is 0. The van der Waals surface area contributed by atoms with E-state index < -0.39 is 0 Å². The Morgan fingerprint density at radius 1 is 1.18 bits per heavy atom. The highest BCUT2D eigenvalue weighted by molar-refractivity contribution is 5.76. The maximum Gasteiger partial charge on any atom is 0.131 e. The van der Waals surface area contributed by atoms with E-state index in [1.54, 1.807) is 12.1 Å². The average Bonchev–Trinajstić information content (AvgIpc) is 2.40. The molecule has 1 aliphatic rings. The quantitative estimate of drug-likeness (QED) is 0.664. The van der Waals surface area contributed by atoms with Crippen molar-refractivity contribution in [3.05, 3.63) is 79.2 Å². The number of halogens is 1. The molecule has 86 valence electrons. The van der Waals surface area contributed by atoms with Crippen LogP contribution in [0.15, 0.2) is 67.8 Å². The number of allylic oxidation sites excluding steroid dienone is 6. The molecule has 1 aromatic rings. The van der Waals surface area contributed by atoms with Gasteiger partial charge in [0.15, 0.2) is 0 Å². The maximum absolute atomic E-state index is 13.6. The molecule has 0 aliphatic heterocycles. The largest absolute Gasteiger partial charge is 0.206 e. The third-order valence-corrected chi connectivity index (χ3v) is 3.19. The Kier molecular flexibility index (Phi) is 3.10. The van der Waals surface area contributed by atoms with Gasteiger partial charge in [-0.3, -0.25) is 0 Å². The molecule has 0 heterocycles. The average molecular weight is 226 g/mol. The monoisotopic (exact) mass is 226 g/mol. The van der Waals surface area contributed by atoms with Crippen molar-refractivity contribution in [2.75, 3.05) is 0 Å². The lowest BCUT2D eigenvalue weighted by Gasteiger charge is -2.25. The van der Waals surface area contributed by atoms with Crippen molar-refractivity contribution >= 4 is 5.57 Å². The van der Waals surface area contributed by atoms with Gasteiger partial charge in [-0.25, -0.2) is 4.39 Å². The van der Waals surface area contributed by atoms with Crippen LogP contribution in [0.1, 0.15) is 12.0 Å². The maximum atomic E-state index is 13.6. The Bertz CT molecular complexity index is 498. The topological polar surface area (TPSA) is 0 Å². The molecule has 0 spiro atoms. The van der Waals surface area contributed by atoms with E-state index in [0.29, 0.717) is 5.56 Å². The van der Waals surface area contributed by atoms with E-state index in [4.69, 9.17) is 0 Å². The van der Waals surface area contributed by atoms with Crippen LogP contribution in [0.4, 0.5) is 4.39 Å². The molecule has 0 aromatic heterocycles.